The molecule has 1 aromatic heterocycles. The first-order valence-electron chi connectivity index (χ1n) is 7.24. The zero-order valence-electron chi connectivity index (χ0n) is 12.1. The molecule has 0 aliphatic heterocycles. The number of nitrogens with two attached hydrogens (primary N) is 1. The second kappa shape index (κ2) is 8.75. The van der Waals surface area contributed by atoms with Gasteiger partial charge in [-0.05, 0) is 25.5 Å². The molecule has 2 N–H and O–H groups in total. The van der Waals surface area contributed by atoms with Crippen LogP contribution in [0.15, 0.2) is 23.1 Å². The molecule has 0 saturated heterocycles. The van der Waals surface area contributed by atoms with E-state index in [-0.39, 0.29) is 11.6 Å². The summed E-state index contributed by atoms with van der Waals surface area (Å²) in [5.74, 6) is 0.429. The number of hydrogen-bond acceptors (Lipinski definition) is 3. The summed E-state index contributed by atoms with van der Waals surface area (Å²) in [6.45, 7) is 5.18. The first kappa shape index (κ1) is 15.8. The Morgan fingerprint density at radius 3 is 2.74 bits per heavy atom. The summed E-state index contributed by atoms with van der Waals surface area (Å²) >= 11 is 0. The van der Waals surface area contributed by atoms with Gasteiger partial charge >= 0.3 is 0 Å². The fraction of sp³-hybridized carbons (Fsp3) is 0.667. The van der Waals surface area contributed by atoms with Gasteiger partial charge in [0.1, 0.15) is 0 Å². The van der Waals surface area contributed by atoms with Crippen LogP contribution in [0.5, 0.6) is 5.75 Å². The van der Waals surface area contributed by atoms with Crippen LogP contribution in [0.4, 0.5) is 0 Å². The maximum absolute atomic E-state index is 12.1. The SMILES string of the molecule is CCCCCCCOc1cccn(C(C)CN)c1=O. The summed E-state index contributed by atoms with van der Waals surface area (Å²) in [6.07, 6.45) is 7.67. The lowest BCUT2D eigenvalue weighted by atomic mass is 10.2. The summed E-state index contributed by atoms with van der Waals surface area (Å²) in [5.41, 5.74) is 5.50. The molecule has 1 unspecified atom stereocenters. The molecule has 108 valence electrons. The molecule has 1 aromatic rings. The van der Waals surface area contributed by atoms with E-state index in [4.69, 9.17) is 10.5 Å². The van der Waals surface area contributed by atoms with E-state index < -0.39 is 0 Å². The van der Waals surface area contributed by atoms with Gasteiger partial charge in [0.05, 0.1) is 6.61 Å². The van der Waals surface area contributed by atoms with Gasteiger partial charge in [0.15, 0.2) is 5.75 Å². The van der Waals surface area contributed by atoms with Crippen LogP contribution in [0.2, 0.25) is 0 Å². The number of pyridine rings is 1. The predicted molar refractivity (Wildman–Crippen MR) is 78.7 cm³/mol. The molecule has 0 saturated carbocycles. The van der Waals surface area contributed by atoms with Crippen LogP contribution in [0.1, 0.15) is 52.0 Å². The van der Waals surface area contributed by atoms with E-state index in [9.17, 15) is 4.79 Å². The summed E-state index contributed by atoms with van der Waals surface area (Å²) in [4.78, 5) is 12.1. The molecule has 0 aromatic carbocycles. The number of aromatic nitrogens is 1. The molecular weight excluding hydrogens is 240 g/mol. The van der Waals surface area contributed by atoms with E-state index in [1.807, 2.05) is 13.0 Å². The van der Waals surface area contributed by atoms with Gasteiger partial charge < -0.3 is 15.0 Å². The van der Waals surface area contributed by atoms with Crippen molar-refractivity contribution in [2.45, 2.75) is 52.0 Å². The minimum Gasteiger partial charge on any atom is -0.488 e. The lowest BCUT2D eigenvalue weighted by molar-refractivity contribution is 0.296. The molecule has 1 heterocycles. The van der Waals surface area contributed by atoms with Crippen LogP contribution in [-0.4, -0.2) is 17.7 Å². The fourth-order valence-electron chi connectivity index (χ4n) is 1.95. The second-order valence-corrected chi connectivity index (χ2v) is 4.93. The van der Waals surface area contributed by atoms with Crippen LogP contribution >= 0.6 is 0 Å². The van der Waals surface area contributed by atoms with E-state index in [2.05, 4.69) is 6.92 Å². The average Bonchev–Trinajstić information content (AvgIpc) is 2.43. The van der Waals surface area contributed by atoms with E-state index in [0.717, 1.165) is 12.8 Å². The van der Waals surface area contributed by atoms with E-state index in [0.29, 0.717) is 18.9 Å². The monoisotopic (exact) mass is 266 g/mol. The van der Waals surface area contributed by atoms with Crippen LogP contribution in [-0.2, 0) is 0 Å². The molecule has 1 rings (SSSR count). The van der Waals surface area contributed by atoms with Gasteiger partial charge in [-0.15, -0.1) is 0 Å². The van der Waals surface area contributed by atoms with Crippen LogP contribution in [0, 0.1) is 0 Å². The van der Waals surface area contributed by atoms with E-state index in [1.165, 1.54) is 19.3 Å². The Balaban J connectivity index is 2.48. The summed E-state index contributed by atoms with van der Waals surface area (Å²) in [6, 6.07) is 3.56. The molecular formula is C15H26N2O2. The van der Waals surface area contributed by atoms with Crippen molar-refractivity contribution in [3.05, 3.63) is 28.7 Å². The predicted octanol–water partition coefficient (Wildman–Crippen LogP) is 2.72. The molecule has 0 fully saturated rings. The lowest BCUT2D eigenvalue weighted by Crippen LogP contribution is -2.28. The van der Waals surface area contributed by atoms with Gasteiger partial charge in [-0.1, -0.05) is 32.6 Å². The summed E-state index contributed by atoms with van der Waals surface area (Å²) in [5, 5.41) is 0. The van der Waals surface area contributed by atoms with E-state index >= 15 is 0 Å². The number of rotatable bonds is 9. The molecule has 4 heteroatoms. The van der Waals surface area contributed by atoms with Crippen molar-refractivity contribution in [1.82, 2.24) is 4.57 Å². The molecule has 4 nitrogen and oxygen atoms in total. The Labute approximate surface area is 115 Å². The normalized spacial score (nSPS) is 12.4. The minimum atomic E-state index is -0.0889. The molecule has 0 radical (unpaired) electrons. The average molecular weight is 266 g/mol. The number of hydrogen-bond donors (Lipinski definition) is 1. The third kappa shape index (κ3) is 5.07. The van der Waals surface area contributed by atoms with Crippen molar-refractivity contribution in [2.75, 3.05) is 13.2 Å². The Morgan fingerprint density at radius 2 is 2.05 bits per heavy atom. The second-order valence-electron chi connectivity index (χ2n) is 4.93. The zero-order valence-corrected chi connectivity index (χ0v) is 12.1. The highest BCUT2D eigenvalue weighted by Gasteiger charge is 2.08. The molecule has 0 amide bonds. The van der Waals surface area contributed by atoms with Crippen LogP contribution in [0.3, 0.4) is 0 Å². The maximum Gasteiger partial charge on any atom is 0.293 e. The molecule has 19 heavy (non-hydrogen) atoms. The number of nitrogens with zero attached hydrogens (tertiary/aromatic N) is 1. The van der Waals surface area contributed by atoms with Crippen molar-refractivity contribution in [3.63, 3.8) is 0 Å². The van der Waals surface area contributed by atoms with Crippen LogP contribution in [0.25, 0.3) is 0 Å². The van der Waals surface area contributed by atoms with Gasteiger partial charge in [-0.3, -0.25) is 4.79 Å². The quantitative estimate of drug-likeness (QED) is 0.699. The number of unbranched alkanes of at least 4 members (excludes halogenated alkanes) is 4. The lowest BCUT2D eigenvalue weighted by Gasteiger charge is -2.14. The van der Waals surface area contributed by atoms with Gasteiger partial charge in [0.2, 0.25) is 0 Å². The first-order valence-corrected chi connectivity index (χ1v) is 7.24. The van der Waals surface area contributed by atoms with Crippen molar-refractivity contribution >= 4 is 0 Å². The third-order valence-electron chi connectivity index (χ3n) is 3.26. The molecule has 0 bridgehead atoms. The molecule has 0 aliphatic carbocycles. The molecule has 0 spiro atoms. The van der Waals surface area contributed by atoms with E-state index in [1.54, 1.807) is 16.8 Å². The maximum atomic E-state index is 12.1. The van der Waals surface area contributed by atoms with Crippen molar-refractivity contribution in [1.29, 1.82) is 0 Å². The molecule has 1 atom stereocenters. The Hall–Kier alpha value is -1.29. The highest BCUT2D eigenvalue weighted by atomic mass is 16.5. The van der Waals surface area contributed by atoms with Gasteiger partial charge in [-0.25, -0.2) is 0 Å². The zero-order chi connectivity index (χ0) is 14.1. The topological polar surface area (TPSA) is 57.2 Å². The highest BCUT2D eigenvalue weighted by Crippen LogP contribution is 2.08. The Kier molecular flexibility index (Phi) is 7.26. The summed E-state index contributed by atoms with van der Waals surface area (Å²) < 4.78 is 7.21. The third-order valence-corrected chi connectivity index (χ3v) is 3.26. The highest BCUT2D eigenvalue weighted by molar-refractivity contribution is 5.17. The van der Waals surface area contributed by atoms with Gasteiger partial charge in [0, 0.05) is 18.8 Å². The largest absolute Gasteiger partial charge is 0.488 e. The smallest absolute Gasteiger partial charge is 0.293 e. The first-order chi connectivity index (χ1) is 9.20. The van der Waals surface area contributed by atoms with Gasteiger partial charge in [-0.2, -0.15) is 0 Å². The summed E-state index contributed by atoms with van der Waals surface area (Å²) in [7, 11) is 0. The van der Waals surface area contributed by atoms with Crippen LogP contribution < -0.4 is 16.0 Å². The Bertz CT molecular complexity index is 415. The fourth-order valence-corrected chi connectivity index (χ4v) is 1.95. The minimum absolute atomic E-state index is 0.000559. The number of ether oxygens (including phenoxy) is 1. The molecule has 0 aliphatic rings. The van der Waals surface area contributed by atoms with Crippen molar-refractivity contribution < 1.29 is 4.74 Å². The van der Waals surface area contributed by atoms with Crippen molar-refractivity contribution in [2.24, 2.45) is 5.73 Å². The van der Waals surface area contributed by atoms with Gasteiger partial charge in [0.25, 0.3) is 5.56 Å². The standard InChI is InChI=1S/C15H26N2O2/c1-3-4-5-6-7-11-19-14-9-8-10-17(15(14)18)13(2)12-16/h8-10,13H,3-7,11-12,16H2,1-2H3. The van der Waals surface area contributed by atoms with Crippen molar-refractivity contribution in [3.8, 4) is 5.75 Å². The Morgan fingerprint density at radius 1 is 1.32 bits per heavy atom.